The molecule has 0 amide bonds. The summed E-state index contributed by atoms with van der Waals surface area (Å²) < 4.78 is 0. The summed E-state index contributed by atoms with van der Waals surface area (Å²) >= 11 is 0. The SMILES string of the molecule is CCC1=CC(C)=CN(C)C1CC. The molecule has 1 heteroatoms. The molecule has 1 rings (SSSR count). The number of likely N-dealkylation sites (N-methyl/N-ethyl adjacent to an activating group) is 1. The third kappa shape index (κ3) is 1.71. The molecule has 0 radical (unpaired) electrons. The third-order valence-electron chi connectivity index (χ3n) is 2.53. The van der Waals surface area contributed by atoms with E-state index in [-0.39, 0.29) is 0 Å². The first-order chi connectivity index (χ1) is 5.69. The van der Waals surface area contributed by atoms with Crippen LogP contribution in [0.2, 0.25) is 0 Å². The number of allylic oxidation sites excluding steroid dienone is 2. The first kappa shape index (κ1) is 9.37. The maximum atomic E-state index is 2.33. The van der Waals surface area contributed by atoms with E-state index in [4.69, 9.17) is 0 Å². The lowest BCUT2D eigenvalue weighted by atomic mass is 9.96. The smallest absolute Gasteiger partial charge is 0.0494 e. The van der Waals surface area contributed by atoms with Gasteiger partial charge in [-0.3, -0.25) is 0 Å². The van der Waals surface area contributed by atoms with Crippen molar-refractivity contribution >= 4 is 0 Å². The van der Waals surface area contributed by atoms with E-state index in [2.05, 4.69) is 45.0 Å². The van der Waals surface area contributed by atoms with Crippen LogP contribution in [0.3, 0.4) is 0 Å². The summed E-state index contributed by atoms with van der Waals surface area (Å²) in [5.41, 5.74) is 2.94. The van der Waals surface area contributed by atoms with Crippen LogP contribution in [-0.4, -0.2) is 18.0 Å². The molecule has 1 heterocycles. The Morgan fingerprint density at radius 2 is 2.08 bits per heavy atom. The Morgan fingerprint density at radius 3 is 2.58 bits per heavy atom. The van der Waals surface area contributed by atoms with Crippen LogP contribution in [0.5, 0.6) is 0 Å². The summed E-state index contributed by atoms with van der Waals surface area (Å²) in [6.45, 7) is 6.65. The topological polar surface area (TPSA) is 3.24 Å². The molecule has 0 saturated carbocycles. The average Bonchev–Trinajstić information content (AvgIpc) is 2.03. The highest BCUT2D eigenvalue weighted by Crippen LogP contribution is 2.23. The molecule has 0 bridgehead atoms. The monoisotopic (exact) mass is 165 g/mol. The van der Waals surface area contributed by atoms with Crippen molar-refractivity contribution in [3.05, 3.63) is 23.4 Å². The fraction of sp³-hybridized carbons (Fsp3) is 0.636. The molecule has 0 aromatic rings. The lowest BCUT2D eigenvalue weighted by Gasteiger charge is -2.32. The van der Waals surface area contributed by atoms with Crippen molar-refractivity contribution in [3.63, 3.8) is 0 Å². The van der Waals surface area contributed by atoms with E-state index in [1.54, 1.807) is 5.57 Å². The highest BCUT2D eigenvalue weighted by atomic mass is 15.1. The number of hydrogen-bond acceptors (Lipinski definition) is 1. The van der Waals surface area contributed by atoms with Gasteiger partial charge in [0.25, 0.3) is 0 Å². The molecular weight excluding hydrogens is 146 g/mol. The molecule has 1 nitrogen and oxygen atoms in total. The highest BCUT2D eigenvalue weighted by Gasteiger charge is 2.17. The van der Waals surface area contributed by atoms with Crippen LogP contribution >= 0.6 is 0 Å². The molecule has 0 aromatic heterocycles. The van der Waals surface area contributed by atoms with Crippen molar-refractivity contribution in [1.29, 1.82) is 0 Å². The Balaban J connectivity index is 2.85. The van der Waals surface area contributed by atoms with Gasteiger partial charge in [-0.15, -0.1) is 0 Å². The zero-order chi connectivity index (χ0) is 9.14. The van der Waals surface area contributed by atoms with Crippen LogP contribution in [0, 0.1) is 0 Å². The standard InChI is InChI=1S/C11H19N/c1-5-10-7-9(3)8-12(4)11(10)6-2/h7-8,11H,5-6H2,1-4H3. The first-order valence-electron chi connectivity index (χ1n) is 4.79. The molecule has 0 fully saturated rings. The maximum absolute atomic E-state index is 2.33. The van der Waals surface area contributed by atoms with E-state index >= 15 is 0 Å². The maximum Gasteiger partial charge on any atom is 0.0494 e. The molecule has 1 unspecified atom stereocenters. The van der Waals surface area contributed by atoms with Gasteiger partial charge in [0.2, 0.25) is 0 Å². The van der Waals surface area contributed by atoms with Crippen molar-refractivity contribution in [2.45, 2.75) is 39.7 Å². The van der Waals surface area contributed by atoms with Gasteiger partial charge in [-0.25, -0.2) is 0 Å². The Kier molecular flexibility index (Phi) is 2.96. The van der Waals surface area contributed by atoms with Gasteiger partial charge in [-0.05, 0) is 30.9 Å². The summed E-state index contributed by atoms with van der Waals surface area (Å²) in [4.78, 5) is 2.33. The van der Waals surface area contributed by atoms with Crippen molar-refractivity contribution < 1.29 is 0 Å². The van der Waals surface area contributed by atoms with Crippen molar-refractivity contribution in [2.24, 2.45) is 0 Å². The lowest BCUT2D eigenvalue weighted by molar-refractivity contribution is 0.347. The normalized spacial score (nSPS) is 23.7. The summed E-state index contributed by atoms with van der Waals surface area (Å²) in [5, 5.41) is 0. The van der Waals surface area contributed by atoms with Gasteiger partial charge in [-0.2, -0.15) is 0 Å². The van der Waals surface area contributed by atoms with E-state index in [1.165, 1.54) is 18.4 Å². The predicted octanol–water partition coefficient (Wildman–Crippen LogP) is 2.95. The molecule has 0 saturated heterocycles. The number of hydrogen-bond donors (Lipinski definition) is 0. The molecule has 1 atom stereocenters. The second kappa shape index (κ2) is 3.79. The van der Waals surface area contributed by atoms with Crippen LogP contribution in [0.15, 0.2) is 23.4 Å². The molecule has 0 spiro atoms. The Hall–Kier alpha value is -0.720. The summed E-state index contributed by atoms with van der Waals surface area (Å²) in [5.74, 6) is 0. The second-order valence-corrected chi connectivity index (χ2v) is 3.54. The Bertz CT molecular complexity index is 213. The van der Waals surface area contributed by atoms with Crippen molar-refractivity contribution in [2.75, 3.05) is 7.05 Å². The van der Waals surface area contributed by atoms with Crippen LogP contribution in [-0.2, 0) is 0 Å². The summed E-state index contributed by atoms with van der Waals surface area (Å²) in [6.07, 6.45) is 6.94. The second-order valence-electron chi connectivity index (χ2n) is 3.54. The van der Waals surface area contributed by atoms with E-state index in [9.17, 15) is 0 Å². The Morgan fingerprint density at radius 1 is 1.42 bits per heavy atom. The fourth-order valence-electron chi connectivity index (χ4n) is 1.99. The van der Waals surface area contributed by atoms with Gasteiger partial charge in [0, 0.05) is 19.3 Å². The van der Waals surface area contributed by atoms with Crippen molar-refractivity contribution in [1.82, 2.24) is 4.90 Å². The van der Waals surface area contributed by atoms with E-state index in [1.807, 2.05) is 0 Å². The minimum Gasteiger partial charge on any atom is -0.374 e. The Labute approximate surface area is 75.8 Å². The van der Waals surface area contributed by atoms with Gasteiger partial charge >= 0.3 is 0 Å². The van der Waals surface area contributed by atoms with E-state index < -0.39 is 0 Å². The molecule has 1 aliphatic rings. The van der Waals surface area contributed by atoms with Gasteiger partial charge in [0.15, 0.2) is 0 Å². The number of rotatable bonds is 2. The van der Waals surface area contributed by atoms with Crippen LogP contribution < -0.4 is 0 Å². The molecule has 12 heavy (non-hydrogen) atoms. The predicted molar refractivity (Wildman–Crippen MR) is 54.0 cm³/mol. The molecule has 0 aromatic carbocycles. The summed E-state index contributed by atoms with van der Waals surface area (Å²) in [6, 6.07) is 0.638. The minimum absolute atomic E-state index is 0.638. The minimum atomic E-state index is 0.638. The van der Waals surface area contributed by atoms with Crippen LogP contribution in [0.4, 0.5) is 0 Å². The molecule has 0 N–H and O–H groups in total. The van der Waals surface area contributed by atoms with Gasteiger partial charge in [0.05, 0.1) is 0 Å². The zero-order valence-corrected chi connectivity index (χ0v) is 8.59. The van der Waals surface area contributed by atoms with Gasteiger partial charge in [-0.1, -0.05) is 19.9 Å². The highest BCUT2D eigenvalue weighted by molar-refractivity contribution is 5.29. The molecular formula is C11H19N. The molecule has 68 valence electrons. The third-order valence-corrected chi connectivity index (χ3v) is 2.53. The summed E-state index contributed by atoms with van der Waals surface area (Å²) in [7, 11) is 2.17. The van der Waals surface area contributed by atoms with Gasteiger partial charge < -0.3 is 4.90 Å². The lowest BCUT2D eigenvalue weighted by Crippen LogP contribution is -2.30. The first-order valence-corrected chi connectivity index (χ1v) is 4.79. The van der Waals surface area contributed by atoms with Gasteiger partial charge in [0.1, 0.15) is 0 Å². The van der Waals surface area contributed by atoms with Crippen LogP contribution in [0.25, 0.3) is 0 Å². The van der Waals surface area contributed by atoms with Crippen molar-refractivity contribution in [3.8, 4) is 0 Å². The van der Waals surface area contributed by atoms with Crippen LogP contribution in [0.1, 0.15) is 33.6 Å². The molecule has 0 aliphatic carbocycles. The van der Waals surface area contributed by atoms with E-state index in [0.717, 1.165) is 0 Å². The largest absolute Gasteiger partial charge is 0.374 e. The average molecular weight is 165 g/mol. The molecule has 1 aliphatic heterocycles. The van der Waals surface area contributed by atoms with E-state index in [0.29, 0.717) is 6.04 Å². The quantitative estimate of drug-likeness (QED) is 0.608. The zero-order valence-electron chi connectivity index (χ0n) is 8.59. The number of nitrogens with zero attached hydrogens (tertiary/aromatic N) is 1. The fourth-order valence-corrected chi connectivity index (χ4v) is 1.99.